The van der Waals surface area contributed by atoms with Crippen LogP contribution in [0.15, 0.2) is 30.5 Å². The Morgan fingerprint density at radius 2 is 1.68 bits per heavy atom. The molecule has 0 aliphatic rings. The van der Waals surface area contributed by atoms with Crippen molar-refractivity contribution in [3.05, 3.63) is 52.8 Å². The highest BCUT2D eigenvalue weighted by Gasteiger charge is 2.17. The molecule has 0 saturated heterocycles. The summed E-state index contributed by atoms with van der Waals surface area (Å²) in [6, 6.07) is 5.66. The quantitative estimate of drug-likeness (QED) is 0.714. The first kappa shape index (κ1) is 6.21. The Hall–Kier alpha value is -1.63. The van der Waals surface area contributed by atoms with Gasteiger partial charge in [0.05, 0.1) is 0 Å². The summed E-state index contributed by atoms with van der Waals surface area (Å²) in [6.07, 6.45) is 1.44. The minimum absolute atomic E-state index is 0.0190. The van der Waals surface area contributed by atoms with Gasteiger partial charge in [-0.2, -0.15) is 0 Å². The van der Waals surface area contributed by atoms with E-state index in [9.17, 15) is 0 Å². The van der Waals surface area contributed by atoms with Gasteiger partial charge in [0.2, 0.25) is 0 Å². The molecule has 0 fully saturated rings. The van der Waals surface area contributed by atoms with E-state index < -0.39 is 20.6 Å². The number of rotatable bonds is 2. The molecule has 1 nitrogen and oxygen atoms in total. The minimum atomic E-state index is -2.60. The summed E-state index contributed by atoms with van der Waals surface area (Å²) in [5.41, 5.74) is 0.419. The maximum absolute atomic E-state index is 7.93. The zero-order chi connectivity index (χ0) is 21.7. The summed E-state index contributed by atoms with van der Waals surface area (Å²) in [6.45, 7) is -3.89. The number of aryl methyl sites for hydroxylation is 4. The standard InChI is InChI=1S/C18H24N/c1-12(2)17-10-16(15(5)11-19(17)6)18-13(3)8-7-9-14(18)4/h7-12H,1-6H3/q+1/i3D3,4D3,5D3. The van der Waals surface area contributed by atoms with Gasteiger partial charge in [-0.25, -0.2) is 4.57 Å². The molecule has 1 aromatic heterocycles. The fraction of sp³-hybridized carbons (Fsp3) is 0.389. The number of nitrogens with zero attached hydrogens (tertiary/aromatic N) is 1. The summed E-state index contributed by atoms with van der Waals surface area (Å²) in [7, 11) is 1.72. The Labute approximate surface area is 129 Å². The van der Waals surface area contributed by atoms with Gasteiger partial charge >= 0.3 is 0 Å². The summed E-state index contributed by atoms with van der Waals surface area (Å²) in [4.78, 5) is 0. The van der Waals surface area contributed by atoms with Crippen LogP contribution in [0.25, 0.3) is 11.1 Å². The van der Waals surface area contributed by atoms with E-state index in [0.29, 0.717) is 0 Å². The molecule has 0 amide bonds. The summed E-state index contributed by atoms with van der Waals surface area (Å²) >= 11 is 0. The van der Waals surface area contributed by atoms with Gasteiger partial charge in [-0.3, -0.25) is 0 Å². The Bertz CT molecular complexity index is 842. The molecule has 0 spiro atoms. The van der Waals surface area contributed by atoms with Crippen molar-refractivity contribution in [3.8, 4) is 11.1 Å². The zero-order valence-electron chi connectivity index (χ0n) is 20.4. The largest absolute Gasteiger partial charge is 0.205 e. The maximum Gasteiger partial charge on any atom is 0.184 e. The molecular weight excluding hydrogens is 230 g/mol. The van der Waals surface area contributed by atoms with Gasteiger partial charge in [0.1, 0.15) is 7.05 Å². The smallest absolute Gasteiger partial charge is 0.184 e. The molecule has 0 unspecified atom stereocenters. The Kier molecular flexibility index (Phi) is 1.69. The highest BCUT2D eigenvalue weighted by molar-refractivity contribution is 5.73. The molecule has 0 atom stereocenters. The average molecular weight is 263 g/mol. The molecule has 2 rings (SSSR count). The van der Waals surface area contributed by atoms with Gasteiger partial charge in [0.25, 0.3) is 0 Å². The molecule has 0 aliphatic heterocycles. The highest BCUT2D eigenvalue weighted by Crippen LogP contribution is 2.30. The van der Waals surface area contributed by atoms with Crippen molar-refractivity contribution < 1.29 is 16.9 Å². The van der Waals surface area contributed by atoms with Crippen LogP contribution < -0.4 is 4.57 Å². The van der Waals surface area contributed by atoms with Crippen molar-refractivity contribution in [2.24, 2.45) is 7.05 Å². The van der Waals surface area contributed by atoms with Crippen LogP contribution in [-0.2, 0) is 7.05 Å². The van der Waals surface area contributed by atoms with Crippen LogP contribution in [0, 0.1) is 20.6 Å². The molecular formula is C18H24N+. The summed E-state index contributed by atoms with van der Waals surface area (Å²) in [5, 5.41) is 0. The van der Waals surface area contributed by atoms with Gasteiger partial charge in [-0.05, 0) is 42.8 Å². The third kappa shape index (κ3) is 2.56. The number of pyridine rings is 1. The first-order valence-corrected chi connectivity index (χ1v) is 6.23. The van der Waals surface area contributed by atoms with E-state index in [0.717, 1.165) is 5.69 Å². The van der Waals surface area contributed by atoms with Gasteiger partial charge in [-0.15, -0.1) is 0 Å². The van der Waals surface area contributed by atoms with Gasteiger partial charge in [0.15, 0.2) is 11.9 Å². The topological polar surface area (TPSA) is 3.88 Å². The van der Waals surface area contributed by atoms with E-state index in [-0.39, 0.29) is 33.7 Å². The van der Waals surface area contributed by atoms with Crippen LogP contribution >= 0.6 is 0 Å². The molecule has 0 radical (unpaired) electrons. The molecule has 0 aliphatic carbocycles. The third-order valence-corrected chi connectivity index (χ3v) is 3.24. The lowest BCUT2D eigenvalue weighted by Gasteiger charge is -2.14. The van der Waals surface area contributed by atoms with Crippen molar-refractivity contribution in [1.29, 1.82) is 0 Å². The van der Waals surface area contributed by atoms with Crippen molar-refractivity contribution in [2.45, 2.75) is 40.3 Å². The lowest BCUT2D eigenvalue weighted by atomic mass is 9.92. The van der Waals surface area contributed by atoms with Crippen LogP contribution in [0.3, 0.4) is 0 Å². The number of aromatic nitrogens is 1. The molecule has 1 heteroatoms. The fourth-order valence-corrected chi connectivity index (χ4v) is 2.29. The van der Waals surface area contributed by atoms with E-state index in [1.165, 1.54) is 24.4 Å². The van der Waals surface area contributed by atoms with E-state index in [4.69, 9.17) is 12.3 Å². The predicted molar refractivity (Wildman–Crippen MR) is 81.4 cm³/mol. The number of hydrogen-bond acceptors (Lipinski definition) is 0. The number of benzene rings is 1. The first-order valence-electron chi connectivity index (χ1n) is 10.7. The van der Waals surface area contributed by atoms with Crippen LogP contribution in [0.2, 0.25) is 0 Å². The highest BCUT2D eigenvalue weighted by atomic mass is 14.9. The summed E-state index contributed by atoms with van der Waals surface area (Å²) < 4.78 is 72.7. The molecule has 1 heterocycles. The Balaban J connectivity index is 3.08. The van der Waals surface area contributed by atoms with Gasteiger partial charge < -0.3 is 0 Å². The third-order valence-electron chi connectivity index (χ3n) is 3.24. The van der Waals surface area contributed by atoms with E-state index in [2.05, 4.69) is 0 Å². The second-order valence-electron chi connectivity index (χ2n) is 5.02. The van der Waals surface area contributed by atoms with Crippen LogP contribution in [0.5, 0.6) is 0 Å². The molecule has 2 aromatic rings. The van der Waals surface area contributed by atoms with Crippen LogP contribution in [-0.4, -0.2) is 0 Å². The molecule has 0 saturated carbocycles. The number of hydrogen-bond donors (Lipinski definition) is 0. The normalized spacial score (nSPS) is 20.1. The molecule has 0 bridgehead atoms. The Morgan fingerprint density at radius 1 is 1.05 bits per heavy atom. The Morgan fingerprint density at radius 3 is 2.21 bits per heavy atom. The predicted octanol–water partition coefficient (Wildman–Crippen LogP) is 4.23. The van der Waals surface area contributed by atoms with Crippen molar-refractivity contribution in [2.75, 3.05) is 0 Å². The van der Waals surface area contributed by atoms with E-state index >= 15 is 0 Å². The van der Waals surface area contributed by atoms with E-state index in [1.54, 1.807) is 17.7 Å². The fourth-order valence-electron chi connectivity index (χ4n) is 2.29. The minimum Gasteiger partial charge on any atom is -0.205 e. The molecule has 19 heavy (non-hydrogen) atoms. The molecule has 1 aromatic carbocycles. The van der Waals surface area contributed by atoms with Crippen LogP contribution in [0.4, 0.5) is 0 Å². The van der Waals surface area contributed by atoms with Crippen molar-refractivity contribution >= 4 is 0 Å². The maximum atomic E-state index is 7.93. The van der Waals surface area contributed by atoms with Crippen LogP contribution in [0.1, 0.15) is 54.5 Å². The average Bonchev–Trinajstić information content (AvgIpc) is 2.51. The second-order valence-corrected chi connectivity index (χ2v) is 5.02. The van der Waals surface area contributed by atoms with Crippen molar-refractivity contribution in [3.63, 3.8) is 0 Å². The lowest BCUT2D eigenvalue weighted by Crippen LogP contribution is -2.34. The van der Waals surface area contributed by atoms with Gasteiger partial charge in [-0.1, -0.05) is 32.0 Å². The van der Waals surface area contributed by atoms with E-state index in [1.807, 2.05) is 13.8 Å². The van der Waals surface area contributed by atoms with Gasteiger partial charge in [0, 0.05) is 29.9 Å². The lowest BCUT2D eigenvalue weighted by molar-refractivity contribution is -0.680. The monoisotopic (exact) mass is 263 g/mol. The SMILES string of the molecule is [2H]C([2H])([2H])c1c[n+](C)c(C(C)C)cc1-c1c(C([2H])([2H])[2H])cccc1C([2H])([2H])[2H]. The van der Waals surface area contributed by atoms with Crippen molar-refractivity contribution in [1.82, 2.24) is 0 Å². The molecule has 0 N–H and O–H groups in total. The molecule has 100 valence electrons. The summed E-state index contributed by atoms with van der Waals surface area (Å²) in [5.74, 6) is 0.0190. The first-order chi connectivity index (χ1) is 12.5. The second kappa shape index (κ2) is 5.16. The zero-order valence-corrected chi connectivity index (χ0v) is 11.4.